The molecule has 1 aliphatic heterocycles. The van der Waals surface area contributed by atoms with Crippen LogP contribution in [0.5, 0.6) is 0 Å². The molecule has 3 unspecified atom stereocenters. The molecule has 150 valence electrons. The molecule has 3 fully saturated rings. The van der Waals surface area contributed by atoms with E-state index in [4.69, 9.17) is 4.74 Å². The Balaban J connectivity index is 1.43. The SMILES string of the molecule is CCC1(CS[C@H](C)C2=CCC3/C(=C/C=C4CCCCC4)CCCC23C)CO1. The fourth-order valence-corrected chi connectivity index (χ4v) is 7.21. The summed E-state index contributed by atoms with van der Waals surface area (Å²) in [4.78, 5) is 0. The van der Waals surface area contributed by atoms with Crippen LogP contribution in [0.3, 0.4) is 0 Å². The molecule has 2 saturated carbocycles. The van der Waals surface area contributed by atoms with Crippen LogP contribution in [0.1, 0.15) is 85.0 Å². The first kappa shape index (κ1) is 19.8. The van der Waals surface area contributed by atoms with Gasteiger partial charge in [-0.15, -0.1) is 0 Å². The van der Waals surface area contributed by atoms with Crippen molar-refractivity contribution in [3.63, 3.8) is 0 Å². The van der Waals surface area contributed by atoms with Crippen molar-refractivity contribution < 1.29 is 4.74 Å². The summed E-state index contributed by atoms with van der Waals surface area (Å²) in [6, 6.07) is 0. The molecule has 0 N–H and O–H groups in total. The fourth-order valence-electron chi connectivity index (χ4n) is 5.74. The maximum Gasteiger partial charge on any atom is 0.100 e. The van der Waals surface area contributed by atoms with Gasteiger partial charge in [-0.3, -0.25) is 0 Å². The summed E-state index contributed by atoms with van der Waals surface area (Å²) < 4.78 is 5.74. The van der Waals surface area contributed by atoms with Gasteiger partial charge in [0.2, 0.25) is 0 Å². The lowest BCUT2D eigenvalue weighted by Crippen LogP contribution is -2.33. The summed E-state index contributed by atoms with van der Waals surface area (Å²) in [6.45, 7) is 8.25. The summed E-state index contributed by atoms with van der Waals surface area (Å²) in [6.07, 6.45) is 21.1. The average molecular weight is 387 g/mol. The van der Waals surface area contributed by atoms with Crippen LogP contribution in [-0.2, 0) is 4.74 Å². The van der Waals surface area contributed by atoms with Crippen molar-refractivity contribution in [1.29, 1.82) is 0 Å². The van der Waals surface area contributed by atoms with E-state index in [0.29, 0.717) is 10.7 Å². The maximum absolute atomic E-state index is 5.74. The zero-order valence-corrected chi connectivity index (χ0v) is 18.5. The quantitative estimate of drug-likeness (QED) is 0.352. The molecule has 4 aliphatic rings. The van der Waals surface area contributed by atoms with Crippen LogP contribution in [-0.4, -0.2) is 23.2 Å². The minimum Gasteiger partial charge on any atom is -0.369 e. The third-order valence-electron chi connectivity index (χ3n) is 7.87. The van der Waals surface area contributed by atoms with E-state index in [-0.39, 0.29) is 5.60 Å². The standard InChI is InChI=1S/C25H38OS/c1-4-25(17-26-25)18-27-19(2)22-14-15-23-21(11-8-16-24(22,23)3)13-12-20-9-6-5-7-10-20/h12-14,19,23H,4-11,15-18H2,1-3H3/b21-13+/t19-,23?,24?,25?/m1/s1. The molecule has 1 saturated heterocycles. The molecule has 2 heteroatoms. The molecule has 0 amide bonds. The van der Waals surface area contributed by atoms with Crippen molar-refractivity contribution in [3.8, 4) is 0 Å². The lowest BCUT2D eigenvalue weighted by molar-refractivity contribution is 0.231. The van der Waals surface area contributed by atoms with Gasteiger partial charge < -0.3 is 4.74 Å². The molecular formula is C25H38OS. The van der Waals surface area contributed by atoms with Gasteiger partial charge in [-0.25, -0.2) is 0 Å². The van der Waals surface area contributed by atoms with Crippen molar-refractivity contribution in [3.05, 3.63) is 34.9 Å². The molecule has 0 aromatic carbocycles. The molecule has 0 aromatic heterocycles. The van der Waals surface area contributed by atoms with Gasteiger partial charge in [-0.1, -0.05) is 55.2 Å². The number of fused-ring (bicyclic) bond motifs is 1. The second-order valence-electron chi connectivity index (χ2n) is 9.62. The van der Waals surface area contributed by atoms with Crippen LogP contribution >= 0.6 is 11.8 Å². The smallest absolute Gasteiger partial charge is 0.100 e. The molecule has 0 radical (unpaired) electrons. The number of ether oxygens (including phenoxy) is 1. The predicted octanol–water partition coefficient (Wildman–Crippen LogP) is 7.24. The van der Waals surface area contributed by atoms with Crippen LogP contribution in [0.15, 0.2) is 34.9 Å². The minimum absolute atomic E-state index is 0.211. The van der Waals surface area contributed by atoms with Gasteiger partial charge in [0.1, 0.15) is 5.60 Å². The number of hydrogen-bond acceptors (Lipinski definition) is 2. The second kappa shape index (κ2) is 8.11. The van der Waals surface area contributed by atoms with E-state index in [1.807, 2.05) is 0 Å². The summed E-state index contributed by atoms with van der Waals surface area (Å²) >= 11 is 2.13. The zero-order chi connectivity index (χ0) is 18.9. The van der Waals surface area contributed by atoms with E-state index in [0.717, 1.165) is 24.7 Å². The van der Waals surface area contributed by atoms with Gasteiger partial charge >= 0.3 is 0 Å². The summed E-state index contributed by atoms with van der Waals surface area (Å²) in [5.74, 6) is 1.92. The Hall–Kier alpha value is -0.470. The average Bonchev–Trinajstić information content (AvgIpc) is 3.39. The number of allylic oxidation sites excluding steroid dienone is 5. The Bertz CT molecular complexity index is 631. The monoisotopic (exact) mass is 386 g/mol. The molecule has 1 heterocycles. The van der Waals surface area contributed by atoms with Crippen molar-refractivity contribution in [2.24, 2.45) is 11.3 Å². The largest absolute Gasteiger partial charge is 0.369 e. The molecule has 1 nitrogen and oxygen atoms in total. The van der Waals surface area contributed by atoms with Gasteiger partial charge in [-0.2, -0.15) is 11.8 Å². The van der Waals surface area contributed by atoms with E-state index >= 15 is 0 Å². The van der Waals surface area contributed by atoms with E-state index in [1.54, 1.807) is 16.7 Å². The van der Waals surface area contributed by atoms with Crippen molar-refractivity contribution in [2.45, 2.75) is 95.8 Å². The Morgan fingerprint density at radius 1 is 1.19 bits per heavy atom. The van der Waals surface area contributed by atoms with Crippen LogP contribution < -0.4 is 0 Å². The fraction of sp³-hybridized carbons (Fsp3) is 0.760. The minimum atomic E-state index is 0.211. The van der Waals surface area contributed by atoms with Gasteiger partial charge in [-0.05, 0) is 76.0 Å². The lowest BCUT2D eigenvalue weighted by atomic mass is 9.64. The Labute approximate surface area is 171 Å². The maximum atomic E-state index is 5.74. The van der Waals surface area contributed by atoms with Crippen molar-refractivity contribution in [2.75, 3.05) is 12.4 Å². The lowest BCUT2D eigenvalue weighted by Gasteiger charge is -2.42. The molecule has 0 bridgehead atoms. The highest BCUT2D eigenvalue weighted by Crippen LogP contribution is 2.57. The Kier molecular flexibility index (Phi) is 5.95. The Morgan fingerprint density at radius 3 is 2.67 bits per heavy atom. The van der Waals surface area contributed by atoms with Crippen LogP contribution in [0, 0.1) is 11.3 Å². The normalized spacial score (nSPS) is 38.5. The predicted molar refractivity (Wildman–Crippen MR) is 118 cm³/mol. The zero-order valence-electron chi connectivity index (χ0n) is 17.7. The highest BCUT2D eigenvalue weighted by atomic mass is 32.2. The Morgan fingerprint density at radius 2 is 1.96 bits per heavy atom. The third kappa shape index (κ3) is 4.13. The molecule has 4 rings (SSSR count). The van der Waals surface area contributed by atoms with E-state index in [1.165, 1.54) is 57.8 Å². The number of epoxide rings is 1. The topological polar surface area (TPSA) is 12.5 Å². The highest BCUT2D eigenvalue weighted by Gasteiger charge is 2.47. The highest BCUT2D eigenvalue weighted by molar-refractivity contribution is 8.00. The van der Waals surface area contributed by atoms with E-state index in [2.05, 4.69) is 50.8 Å². The van der Waals surface area contributed by atoms with Crippen LogP contribution in [0.2, 0.25) is 0 Å². The van der Waals surface area contributed by atoms with Gasteiger partial charge in [0.15, 0.2) is 0 Å². The summed E-state index contributed by atoms with van der Waals surface area (Å²) in [7, 11) is 0. The summed E-state index contributed by atoms with van der Waals surface area (Å²) in [5.41, 5.74) is 5.78. The first-order chi connectivity index (χ1) is 13.1. The van der Waals surface area contributed by atoms with Crippen LogP contribution in [0.25, 0.3) is 0 Å². The number of rotatable bonds is 6. The second-order valence-corrected chi connectivity index (χ2v) is 11.0. The first-order valence-corrected chi connectivity index (χ1v) is 12.5. The molecule has 0 spiro atoms. The van der Waals surface area contributed by atoms with E-state index in [9.17, 15) is 0 Å². The molecule has 4 atom stereocenters. The van der Waals surface area contributed by atoms with Gasteiger partial charge in [0, 0.05) is 11.0 Å². The third-order valence-corrected chi connectivity index (χ3v) is 9.32. The van der Waals surface area contributed by atoms with Crippen LogP contribution in [0.4, 0.5) is 0 Å². The molecule has 0 aromatic rings. The van der Waals surface area contributed by atoms with E-state index < -0.39 is 0 Å². The number of thioether (sulfide) groups is 1. The van der Waals surface area contributed by atoms with Crippen molar-refractivity contribution in [1.82, 2.24) is 0 Å². The molecular weight excluding hydrogens is 348 g/mol. The van der Waals surface area contributed by atoms with Gasteiger partial charge in [0.05, 0.1) is 6.61 Å². The van der Waals surface area contributed by atoms with Gasteiger partial charge in [0.25, 0.3) is 0 Å². The molecule has 27 heavy (non-hydrogen) atoms. The first-order valence-electron chi connectivity index (χ1n) is 11.4. The number of hydrogen-bond donors (Lipinski definition) is 0. The summed E-state index contributed by atoms with van der Waals surface area (Å²) in [5, 5.41) is 0.628. The van der Waals surface area contributed by atoms with Crippen molar-refractivity contribution >= 4 is 11.8 Å². The molecule has 3 aliphatic carbocycles.